The van der Waals surface area contributed by atoms with Gasteiger partial charge in [0, 0.05) is 22.1 Å². The van der Waals surface area contributed by atoms with E-state index in [1.165, 1.54) is 18.4 Å². The van der Waals surface area contributed by atoms with E-state index in [2.05, 4.69) is 4.72 Å². The van der Waals surface area contributed by atoms with Crippen molar-refractivity contribution in [1.29, 1.82) is 0 Å². The molecule has 1 aliphatic carbocycles. The van der Waals surface area contributed by atoms with E-state index in [9.17, 15) is 8.42 Å². The summed E-state index contributed by atoms with van der Waals surface area (Å²) >= 11 is 16.9. The Hall–Kier alpha value is -0.160. The van der Waals surface area contributed by atoms with E-state index >= 15 is 0 Å². The summed E-state index contributed by atoms with van der Waals surface area (Å²) < 4.78 is 25.8. The molecule has 0 aliphatic heterocycles. The molecule has 7 heteroatoms. The fraction of sp³-hybridized carbons (Fsp3) is 0.333. The Balaban J connectivity index is 2.79. The lowest BCUT2D eigenvalue weighted by atomic mass is 10.2. The molecule has 0 heterocycles. The van der Waals surface area contributed by atoms with Gasteiger partial charge in [-0.15, -0.1) is 11.6 Å². The third-order valence-electron chi connectivity index (χ3n) is 1.92. The van der Waals surface area contributed by atoms with Crippen LogP contribution >= 0.6 is 34.8 Å². The monoisotopic (exact) mass is 301 g/mol. The normalized spacial score (nSPS) is 21.8. The molecule has 0 radical (unpaired) electrons. The van der Waals surface area contributed by atoms with Crippen molar-refractivity contribution in [1.82, 2.24) is 4.72 Å². The molecule has 1 rings (SSSR count). The zero-order valence-corrected chi connectivity index (χ0v) is 11.2. The molecular formula is C9H10Cl3NO2S. The minimum absolute atomic E-state index is 0.208. The summed E-state index contributed by atoms with van der Waals surface area (Å²) in [6.07, 6.45) is 6.08. The van der Waals surface area contributed by atoms with Gasteiger partial charge in [0.25, 0.3) is 0 Å². The van der Waals surface area contributed by atoms with Crippen molar-refractivity contribution in [2.24, 2.45) is 0 Å². The van der Waals surface area contributed by atoms with Gasteiger partial charge in [-0.05, 0) is 12.5 Å². The molecular weight excluding hydrogens is 293 g/mol. The maximum absolute atomic E-state index is 11.8. The summed E-state index contributed by atoms with van der Waals surface area (Å²) in [5.41, 5.74) is 0. The van der Waals surface area contributed by atoms with E-state index in [0.717, 1.165) is 0 Å². The molecule has 0 aromatic rings. The standard InChI is InChI=1S/C9H10Cl3NO2S/c10-4-1-5-13-16(14,15)9-3-2-7(11)6-8(9)12/h1-2,5-6,9,13H,3-4H2/b5-1+. The highest BCUT2D eigenvalue weighted by atomic mass is 35.5. The highest BCUT2D eigenvalue weighted by Gasteiger charge is 2.28. The predicted molar refractivity (Wildman–Crippen MR) is 68.2 cm³/mol. The summed E-state index contributed by atoms with van der Waals surface area (Å²) in [6.45, 7) is 0. The molecule has 0 fully saturated rings. The second kappa shape index (κ2) is 5.96. The molecule has 1 atom stereocenters. The summed E-state index contributed by atoms with van der Waals surface area (Å²) in [4.78, 5) is 0. The van der Waals surface area contributed by atoms with Gasteiger partial charge < -0.3 is 0 Å². The number of allylic oxidation sites excluding steroid dienone is 4. The lowest BCUT2D eigenvalue weighted by Gasteiger charge is -2.18. The lowest BCUT2D eigenvalue weighted by Crippen LogP contribution is -2.32. The van der Waals surface area contributed by atoms with Gasteiger partial charge in [0.15, 0.2) is 0 Å². The molecule has 1 unspecified atom stereocenters. The Morgan fingerprint density at radius 1 is 1.50 bits per heavy atom. The minimum atomic E-state index is -3.53. The summed E-state index contributed by atoms with van der Waals surface area (Å²) in [5, 5.41) is -0.135. The quantitative estimate of drug-likeness (QED) is 0.812. The first-order valence-corrected chi connectivity index (χ1v) is 7.26. The Labute approximate surface area is 110 Å². The van der Waals surface area contributed by atoms with Crippen molar-refractivity contribution in [2.45, 2.75) is 11.7 Å². The summed E-state index contributed by atoms with van der Waals surface area (Å²) in [6, 6.07) is 0. The van der Waals surface area contributed by atoms with Crippen LogP contribution in [-0.2, 0) is 10.0 Å². The molecule has 0 bridgehead atoms. The number of halogens is 3. The van der Waals surface area contributed by atoms with Gasteiger partial charge >= 0.3 is 0 Å². The van der Waals surface area contributed by atoms with Crippen LogP contribution < -0.4 is 4.72 Å². The van der Waals surface area contributed by atoms with Crippen molar-refractivity contribution >= 4 is 44.8 Å². The topological polar surface area (TPSA) is 46.2 Å². The molecule has 0 aromatic heterocycles. The molecule has 0 saturated carbocycles. The molecule has 0 saturated heterocycles. The summed E-state index contributed by atoms with van der Waals surface area (Å²) in [5.74, 6) is 0.239. The third kappa shape index (κ3) is 3.70. The average molecular weight is 303 g/mol. The van der Waals surface area contributed by atoms with Crippen molar-refractivity contribution < 1.29 is 8.42 Å². The molecule has 90 valence electrons. The fourth-order valence-electron chi connectivity index (χ4n) is 1.16. The van der Waals surface area contributed by atoms with Crippen LogP contribution in [0.3, 0.4) is 0 Å². The van der Waals surface area contributed by atoms with Gasteiger partial charge in [-0.3, -0.25) is 4.72 Å². The van der Waals surface area contributed by atoms with Crippen LogP contribution in [0, 0.1) is 0 Å². The van der Waals surface area contributed by atoms with Gasteiger partial charge in [-0.2, -0.15) is 0 Å². The second-order valence-electron chi connectivity index (χ2n) is 3.06. The van der Waals surface area contributed by atoms with E-state index in [0.29, 0.717) is 5.03 Å². The van der Waals surface area contributed by atoms with Gasteiger partial charge in [0.2, 0.25) is 10.0 Å². The first-order valence-electron chi connectivity index (χ1n) is 4.42. The van der Waals surface area contributed by atoms with E-state index in [1.54, 1.807) is 6.08 Å². The van der Waals surface area contributed by atoms with Gasteiger partial charge in [-0.25, -0.2) is 8.42 Å². The maximum Gasteiger partial charge on any atom is 0.240 e. The van der Waals surface area contributed by atoms with Crippen molar-refractivity contribution in [3.63, 3.8) is 0 Å². The van der Waals surface area contributed by atoms with Crippen LogP contribution in [-0.4, -0.2) is 19.5 Å². The largest absolute Gasteiger partial charge is 0.290 e. The molecule has 0 spiro atoms. The van der Waals surface area contributed by atoms with Crippen LogP contribution in [0.25, 0.3) is 0 Å². The Morgan fingerprint density at radius 2 is 2.19 bits per heavy atom. The zero-order valence-electron chi connectivity index (χ0n) is 8.16. The van der Waals surface area contributed by atoms with Crippen molar-refractivity contribution in [2.75, 3.05) is 5.88 Å². The van der Waals surface area contributed by atoms with Crippen molar-refractivity contribution in [3.8, 4) is 0 Å². The minimum Gasteiger partial charge on any atom is -0.290 e. The number of rotatable bonds is 4. The summed E-state index contributed by atoms with van der Waals surface area (Å²) in [7, 11) is -3.53. The molecule has 1 aliphatic rings. The van der Waals surface area contributed by atoms with Crippen molar-refractivity contribution in [3.05, 3.63) is 34.5 Å². The molecule has 3 nitrogen and oxygen atoms in total. The number of hydrogen-bond donors (Lipinski definition) is 1. The fourth-order valence-corrected chi connectivity index (χ4v) is 3.23. The molecule has 0 amide bonds. The first-order chi connectivity index (χ1) is 7.47. The number of sulfonamides is 1. The number of nitrogens with one attached hydrogen (secondary N) is 1. The van der Waals surface area contributed by atoms with E-state index in [-0.39, 0.29) is 17.3 Å². The third-order valence-corrected chi connectivity index (χ3v) is 4.53. The lowest BCUT2D eigenvalue weighted by molar-refractivity contribution is 0.581. The number of alkyl halides is 1. The molecule has 0 aromatic carbocycles. The second-order valence-corrected chi connectivity index (χ2v) is 6.14. The van der Waals surface area contributed by atoms with E-state index in [4.69, 9.17) is 34.8 Å². The average Bonchev–Trinajstić information content (AvgIpc) is 2.17. The van der Waals surface area contributed by atoms with Crippen LogP contribution in [0.15, 0.2) is 34.5 Å². The smallest absolute Gasteiger partial charge is 0.240 e. The highest BCUT2D eigenvalue weighted by molar-refractivity contribution is 7.90. The molecule has 16 heavy (non-hydrogen) atoms. The van der Waals surface area contributed by atoms with Crippen LogP contribution in [0.4, 0.5) is 0 Å². The van der Waals surface area contributed by atoms with E-state index in [1.807, 2.05) is 0 Å². The Bertz CT molecular complexity index is 440. The maximum atomic E-state index is 11.8. The van der Waals surface area contributed by atoms with Crippen LogP contribution in [0.2, 0.25) is 0 Å². The van der Waals surface area contributed by atoms with Gasteiger partial charge in [-0.1, -0.05) is 35.4 Å². The van der Waals surface area contributed by atoms with E-state index < -0.39 is 15.3 Å². The van der Waals surface area contributed by atoms with Crippen LogP contribution in [0.5, 0.6) is 0 Å². The number of hydrogen-bond acceptors (Lipinski definition) is 2. The van der Waals surface area contributed by atoms with Gasteiger partial charge in [0.05, 0.1) is 0 Å². The zero-order chi connectivity index (χ0) is 12.2. The Morgan fingerprint density at radius 3 is 2.75 bits per heavy atom. The SMILES string of the molecule is O=S(=O)(N/C=C/CCl)C1CC=C(Cl)C=C1Cl. The Kier molecular flexibility index (Phi) is 5.18. The molecule has 1 N–H and O–H groups in total. The van der Waals surface area contributed by atoms with Gasteiger partial charge in [0.1, 0.15) is 5.25 Å². The highest BCUT2D eigenvalue weighted by Crippen LogP contribution is 2.27. The first kappa shape index (κ1) is 13.9. The van der Waals surface area contributed by atoms with Crippen LogP contribution in [0.1, 0.15) is 6.42 Å². The predicted octanol–water partition coefficient (Wildman–Crippen LogP) is 2.68.